The van der Waals surface area contributed by atoms with Gasteiger partial charge in [-0.1, -0.05) is 48.5 Å². The van der Waals surface area contributed by atoms with Crippen molar-refractivity contribution in [2.75, 3.05) is 0 Å². The second kappa shape index (κ2) is 5.98. The molecule has 2 aromatic carbocycles. The minimum atomic E-state index is -0.821. The predicted molar refractivity (Wildman–Crippen MR) is 91.8 cm³/mol. The number of aromatic nitrogens is 1. The van der Waals surface area contributed by atoms with E-state index in [1.165, 1.54) is 0 Å². The largest absolute Gasteiger partial charge is 0.480 e. The molecule has 2 heterocycles. The van der Waals surface area contributed by atoms with E-state index < -0.39 is 12.0 Å². The van der Waals surface area contributed by atoms with Gasteiger partial charge in [0.1, 0.15) is 6.04 Å². The Morgan fingerprint density at radius 3 is 2.54 bits per heavy atom. The zero-order chi connectivity index (χ0) is 16.5. The van der Waals surface area contributed by atoms with E-state index in [-0.39, 0.29) is 0 Å². The maximum absolute atomic E-state index is 12.1. The molecule has 0 aliphatic carbocycles. The Morgan fingerprint density at radius 1 is 1.00 bits per heavy atom. The van der Waals surface area contributed by atoms with Crippen LogP contribution in [0.1, 0.15) is 22.9 Å². The van der Waals surface area contributed by atoms with Gasteiger partial charge in [-0.3, -0.25) is 9.69 Å². The van der Waals surface area contributed by atoms with Crippen LogP contribution in [-0.2, 0) is 17.9 Å². The summed E-state index contributed by atoms with van der Waals surface area (Å²) in [5.41, 5.74) is 4.10. The van der Waals surface area contributed by atoms with Crippen molar-refractivity contribution in [3.8, 4) is 5.69 Å². The average Bonchev–Trinajstić information content (AvgIpc) is 3.00. The molecular weight excluding hydrogens is 300 g/mol. The van der Waals surface area contributed by atoms with Gasteiger partial charge in [-0.25, -0.2) is 0 Å². The van der Waals surface area contributed by atoms with Crippen molar-refractivity contribution in [1.82, 2.24) is 9.47 Å². The van der Waals surface area contributed by atoms with Crippen LogP contribution in [0.5, 0.6) is 0 Å². The molecule has 0 saturated heterocycles. The molecule has 4 nitrogen and oxygen atoms in total. The van der Waals surface area contributed by atoms with E-state index in [4.69, 9.17) is 0 Å². The Morgan fingerprint density at radius 2 is 1.75 bits per heavy atom. The molecule has 4 rings (SSSR count). The first-order valence-corrected chi connectivity index (χ1v) is 8.00. The summed E-state index contributed by atoms with van der Waals surface area (Å²) in [5.74, 6) is -0.821. The Kier molecular flexibility index (Phi) is 3.67. The number of carbonyl (C=O) groups is 1. The molecule has 1 atom stereocenters. The first-order valence-electron chi connectivity index (χ1n) is 8.00. The zero-order valence-corrected chi connectivity index (χ0v) is 13.2. The number of nitrogens with zero attached hydrogens (tertiary/aromatic N) is 2. The molecule has 0 saturated carbocycles. The lowest BCUT2D eigenvalue weighted by Crippen LogP contribution is -2.33. The number of carboxylic acid groups (broad SMARTS) is 1. The van der Waals surface area contributed by atoms with Gasteiger partial charge in [0.15, 0.2) is 0 Å². The third-order valence-corrected chi connectivity index (χ3v) is 4.51. The molecule has 0 bridgehead atoms. The lowest BCUT2D eigenvalue weighted by Gasteiger charge is -2.27. The summed E-state index contributed by atoms with van der Waals surface area (Å²) >= 11 is 0. The van der Waals surface area contributed by atoms with Crippen LogP contribution >= 0.6 is 0 Å². The maximum Gasteiger partial charge on any atom is 0.327 e. The highest BCUT2D eigenvalue weighted by molar-refractivity contribution is 5.76. The molecule has 0 spiro atoms. The van der Waals surface area contributed by atoms with Crippen LogP contribution in [0.4, 0.5) is 0 Å². The van der Waals surface area contributed by atoms with E-state index in [9.17, 15) is 9.90 Å². The van der Waals surface area contributed by atoms with Gasteiger partial charge in [-0.05, 0) is 29.3 Å². The van der Waals surface area contributed by atoms with E-state index in [2.05, 4.69) is 6.07 Å². The predicted octanol–water partition coefficient (Wildman–Crippen LogP) is 3.62. The number of benzene rings is 2. The van der Waals surface area contributed by atoms with Crippen molar-refractivity contribution in [2.24, 2.45) is 0 Å². The molecule has 0 fully saturated rings. The molecular formula is C20H18N2O2. The van der Waals surface area contributed by atoms with E-state index in [1.807, 2.05) is 76.3 Å². The average molecular weight is 318 g/mol. The number of carboxylic acids is 1. The van der Waals surface area contributed by atoms with Crippen molar-refractivity contribution in [1.29, 1.82) is 0 Å². The molecule has 3 aromatic rings. The summed E-state index contributed by atoms with van der Waals surface area (Å²) < 4.78 is 2.00. The molecule has 4 heteroatoms. The van der Waals surface area contributed by atoms with Crippen molar-refractivity contribution >= 4 is 5.97 Å². The van der Waals surface area contributed by atoms with Crippen molar-refractivity contribution in [3.05, 3.63) is 89.7 Å². The number of fused-ring (bicyclic) bond motifs is 3. The number of para-hydroxylation sites is 1. The Labute approximate surface area is 140 Å². The highest BCUT2D eigenvalue weighted by atomic mass is 16.4. The highest BCUT2D eigenvalue weighted by Crippen LogP contribution is 2.33. The first-order chi connectivity index (χ1) is 11.7. The number of hydrogen-bond acceptors (Lipinski definition) is 2. The van der Waals surface area contributed by atoms with Crippen LogP contribution in [-0.4, -0.2) is 20.5 Å². The third kappa shape index (κ3) is 2.51. The maximum atomic E-state index is 12.1. The Bertz CT molecular complexity index is 870. The molecule has 1 N–H and O–H groups in total. The van der Waals surface area contributed by atoms with E-state index in [0.29, 0.717) is 13.1 Å². The molecule has 1 aromatic heterocycles. The van der Waals surface area contributed by atoms with Gasteiger partial charge >= 0.3 is 5.97 Å². The fraction of sp³-hybridized carbons (Fsp3) is 0.150. The van der Waals surface area contributed by atoms with E-state index >= 15 is 0 Å². The van der Waals surface area contributed by atoms with Crippen LogP contribution < -0.4 is 0 Å². The molecule has 0 radical (unpaired) electrons. The van der Waals surface area contributed by atoms with Crippen molar-refractivity contribution < 1.29 is 9.90 Å². The van der Waals surface area contributed by atoms with Gasteiger partial charge in [0, 0.05) is 25.0 Å². The first kappa shape index (κ1) is 14.7. The molecule has 1 aliphatic heterocycles. The summed E-state index contributed by atoms with van der Waals surface area (Å²) in [6, 6.07) is 21.3. The number of aliphatic carboxylic acids is 1. The quantitative estimate of drug-likeness (QED) is 0.802. The molecule has 0 unspecified atom stereocenters. The second-order valence-corrected chi connectivity index (χ2v) is 6.06. The number of hydrogen-bond donors (Lipinski definition) is 1. The van der Waals surface area contributed by atoms with Crippen LogP contribution in [0.15, 0.2) is 72.9 Å². The second-order valence-electron chi connectivity index (χ2n) is 6.06. The van der Waals surface area contributed by atoms with Crippen LogP contribution in [0.3, 0.4) is 0 Å². The minimum absolute atomic E-state index is 0.595. The summed E-state index contributed by atoms with van der Waals surface area (Å²) in [4.78, 5) is 14.1. The van der Waals surface area contributed by atoms with Crippen LogP contribution in [0.25, 0.3) is 5.69 Å². The molecule has 1 aliphatic rings. The van der Waals surface area contributed by atoms with E-state index in [0.717, 1.165) is 22.5 Å². The fourth-order valence-electron chi connectivity index (χ4n) is 3.46. The van der Waals surface area contributed by atoms with Gasteiger partial charge in [-0.2, -0.15) is 0 Å². The zero-order valence-electron chi connectivity index (χ0n) is 13.2. The van der Waals surface area contributed by atoms with Crippen LogP contribution in [0, 0.1) is 0 Å². The van der Waals surface area contributed by atoms with Crippen molar-refractivity contribution in [3.63, 3.8) is 0 Å². The fourth-order valence-corrected chi connectivity index (χ4v) is 3.46. The van der Waals surface area contributed by atoms with Crippen molar-refractivity contribution in [2.45, 2.75) is 19.1 Å². The molecule has 24 heavy (non-hydrogen) atoms. The summed E-state index contributed by atoms with van der Waals surface area (Å²) in [6.07, 6.45) is 1.94. The topological polar surface area (TPSA) is 45.5 Å². The summed E-state index contributed by atoms with van der Waals surface area (Å²) in [6.45, 7) is 1.20. The highest BCUT2D eigenvalue weighted by Gasteiger charge is 2.33. The van der Waals surface area contributed by atoms with Crippen LogP contribution in [0.2, 0.25) is 0 Å². The Balaban J connectivity index is 1.83. The van der Waals surface area contributed by atoms with Gasteiger partial charge in [0.05, 0.1) is 5.69 Å². The monoisotopic (exact) mass is 318 g/mol. The number of rotatable bonds is 3. The van der Waals surface area contributed by atoms with Gasteiger partial charge in [-0.15, -0.1) is 0 Å². The Hall–Kier alpha value is -2.85. The van der Waals surface area contributed by atoms with Gasteiger partial charge < -0.3 is 9.67 Å². The summed E-state index contributed by atoms with van der Waals surface area (Å²) in [5, 5.41) is 9.90. The lowest BCUT2D eigenvalue weighted by atomic mass is 10.1. The third-order valence-electron chi connectivity index (χ3n) is 4.51. The SMILES string of the molecule is O=C(O)[C@H]1c2cccn2-c2ccccc2CN1Cc1ccccc1. The molecule has 0 amide bonds. The summed E-state index contributed by atoms with van der Waals surface area (Å²) in [7, 11) is 0. The van der Waals surface area contributed by atoms with Gasteiger partial charge in [0.2, 0.25) is 0 Å². The van der Waals surface area contributed by atoms with Gasteiger partial charge in [0.25, 0.3) is 0 Å². The standard InChI is InChI=1S/C20H18N2O2/c23-20(24)19-18-11-6-12-22(18)17-10-5-4-9-16(17)14-21(19)13-15-7-2-1-3-8-15/h1-12,19H,13-14H2,(H,23,24)/t19-/m1/s1. The van der Waals surface area contributed by atoms with E-state index in [1.54, 1.807) is 0 Å². The molecule has 120 valence electrons. The smallest absolute Gasteiger partial charge is 0.327 e. The normalized spacial score (nSPS) is 16.9. The minimum Gasteiger partial charge on any atom is -0.480 e. The lowest BCUT2D eigenvalue weighted by molar-refractivity contribution is -0.144.